The third-order valence-corrected chi connectivity index (χ3v) is 3.37. The molecule has 106 valence electrons. The summed E-state index contributed by atoms with van der Waals surface area (Å²) >= 11 is 6.00. The molecule has 2 aromatic rings. The third kappa shape index (κ3) is 3.56. The van der Waals surface area contributed by atoms with E-state index in [0.29, 0.717) is 10.6 Å². The Morgan fingerprint density at radius 1 is 1.30 bits per heavy atom. The second kappa shape index (κ2) is 6.82. The Labute approximate surface area is 124 Å². The normalized spacial score (nSPS) is 12.4. The van der Waals surface area contributed by atoms with Gasteiger partial charge in [0.1, 0.15) is 5.82 Å². The maximum absolute atomic E-state index is 14.1. The van der Waals surface area contributed by atoms with Crippen molar-refractivity contribution in [3.05, 3.63) is 64.2 Å². The molecule has 1 aromatic carbocycles. The topological polar surface area (TPSA) is 24.9 Å². The molecule has 1 aromatic heterocycles. The van der Waals surface area contributed by atoms with Crippen molar-refractivity contribution in [3.63, 3.8) is 0 Å². The van der Waals surface area contributed by atoms with Crippen molar-refractivity contribution in [1.82, 2.24) is 10.3 Å². The largest absolute Gasteiger partial charge is 0.306 e. The average molecular weight is 293 g/mol. The van der Waals surface area contributed by atoms with Crippen LogP contribution in [0, 0.1) is 12.7 Å². The fourth-order valence-corrected chi connectivity index (χ4v) is 2.26. The highest BCUT2D eigenvalue weighted by molar-refractivity contribution is 6.30. The standard InChI is InChI=1S/C16H18ClFN2/c1-3-8-19-16(12-5-4-11(2)20-10-12)14-9-13(17)6-7-15(14)18/h4-7,9-10,16,19H,3,8H2,1-2H3. The molecule has 2 rings (SSSR count). The first kappa shape index (κ1) is 14.9. The highest BCUT2D eigenvalue weighted by Gasteiger charge is 2.18. The molecule has 1 unspecified atom stereocenters. The van der Waals surface area contributed by atoms with Crippen LogP contribution in [-0.2, 0) is 0 Å². The summed E-state index contributed by atoms with van der Waals surface area (Å²) in [5.74, 6) is -0.261. The smallest absolute Gasteiger partial charge is 0.128 e. The predicted octanol–water partition coefficient (Wildman–Crippen LogP) is 4.27. The van der Waals surface area contributed by atoms with Crippen LogP contribution >= 0.6 is 11.6 Å². The number of hydrogen-bond acceptors (Lipinski definition) is 2. The number of aromatic nitrogens is 1. The second-order valence-corrected chi connectivity index (χ2v) is 5.22. The molecule has 0 aliphatic rings. The van der Waals surface area contributed by atoms with Gasteiger partial charge in [-0.3, -0.25) is 4.98 Å². The van der Waals surface area contributed by atoms with Gasteiger partial charge in [0, 0.05) is 22.5 Å². The fraction of sp³-hybridized carbons (Fsp3) is 0.312. The van der Waals surface area contributed by atoms with Gasteiger partial charge in [0.05, 0.1) is 6.04 Å². The number of aryl methyl sites for hydroxylation is 1. The molecular weight excluding hydrogens is 275 g/mol. The molecule has 0 saturated carbocycles. The summed E-state index contributed by atoms with van der Waals surface area (Å²) in [6, 6.07) is 8.30. The highest BCUT2D eigenvalue weighted by atomic mass is 35.5. The lowest BCUT2D eigenvalue weighted by molar-refractivity contribution is 0.546. The summed E-state index contributed by atoms with van der Waals surface area (Å²) in [6.45, 7) is 4.80. The third-order valence-electron chi connectivity index (χ3n) is 3.14. The Morgan fingerprint density at radius 2 is 2.10 bits per heavy atom. The number of rotatable bonds is 5. The molecule has 4 heteroatoms. The predicted molar refractivity (Wildman–Crippen MR) is 80.5 cm³/mol. The maximum Gasteiger partial charge on any atom is 0.128 e. The van der Waals surface area contributed by atoms with Crippen molar-refractivity contribution in [2.45, 2.75) is 26.3 Å². The highest BCUT2D eigenvalue weighted by Crippen LogP contribution is 2.26. The molecule has 1 heterocycles. The van der Waals surface area contributed by atoms with Crippen LogP contribution in [0.25, 0.3) is 0 Å². The Morgan fingerprint density at radius 3 is 2.75 bits per heavy atom. The van der Waals surface area contributed by atoms with E-state index < -0.39 is 0 Å². The molecule has 0 aliphatic carbocycles. The fourth-order valence-electron chi connectivity index (χ4n) is 2.08. The lowest BCUT2D eigenvalue weighted by atomic mass is 9.99. The van der Waals surface area contributed by atoms with E-state index in [1.54, 1.807) is 18.3 Å². The van der Waals surface area contributed by atoms with Crippen LogP contribution in [0.15, 0.2) is 36.5 Å². The van der Waals surface area contributed by atoms with E-state index in [-0.39, 0.29) is 11.9 Å². The van der Waals surface area contributed by atoms with Gasteiger partial charge in [0.15, 0.2) is 0 Å². The van der Waals surface area contributed by atoms with Gasteiger partial charge in [-0.2, -0.15) is 0 Å². The van der Waals surface area contributed by atoms with E-state index in [0.717, 1.165) is 24.2 Å². The van der Waals surface area contributed by atoms with Gasteiger partial charge < -0.3 is 5.32 Å². The summed E-state index contributed by atoms with van der Waals surface area (Å²) < 4.78 is 14.1. The van der Waals surface area contributed by atoms with Crippen LogP contribution in [0.3, 0.4) is 0 Å². The zero-order valence-corrected chi connectivity index (χ0v) is 12.4. The van der Waals surface area contributed by atoms with Crippen LogP contribution in [0.5, 0.6) is 0 Å². The zero-order valence-electron chi connectivity index (χ0n) is 11.7. The lowest BCUT2D eigenvalue weighted by Gasteiger charge is -2.20. The van der Waals surface area contributed by atoms with Gasteiger partial charge in [0.25, 0.3) is 0 Å². The lowest BCUT2D eigenvalue weighted by Crippen LogP contribution is -2.24. The number of hydrogen-bond donors (Lipinski definition) is 1. The average Bonchev–Trinajstić information content (AvgIpc) is 2.44. The molecule has 20 heavy (non-hydrogen) atoms. The Kier molecular flexibility index (Phi) is 5.10. The molecule has 0 saturated heterocycles. The first-order chi connectivity index (χ1) is 9.61. The van der Waals surface area contributed by atoms with Gasteiger partial charge in [0.2, 0.25) is 0 Å². The molecule has 2 nitrogen and oxygen atoms in total. The van der Waals surface area contributed by atoms with Gasteiger partial charge in [-0.1, -0.05) is 24.6 Å². The van der Waals surface area contributed by atoms with Crippen LogP contribution in [-0.4, -0.2) is 11.5 Å². The minimum Gasteiger partial charge on any atom is -0.306 e. The number of halogens is 2. The Hall–Kier alpha value is -1.45. The van der Waals surface area contributed by atoms with Crippen molar-refractivity contribution in [3.8, 4) is 0 Å². The van der Waals surface area contributed by atoms with Crippen molar-refractivity contribution >= 4 is 11.6 Å². The summed E-state index contributed by atoms with van der Waals surface area (Å²) in [6.07, 6.45) is 2.75. The molecule has 1 N–H and O–H groups in total. The second-order valence-electron chi connectivity index (χ2n) is 4.79. The van der Waals surface area contributed by atoms with E-state index in [2.05, 4.69) is 17.2 Å². The minimum absolute atomic E-state index is 0.234. The quantitative estimate of drug-likeness (QED) is 0.890. The molecule has 0 bridgehead atoms. The zero-order chi connectivity index (χ0) is 14.5. The molecule has 1 atom stereocenters. The number of nitrogens with zero attached hydrogens (tertiary/aromatic N) is 1. The summed E-state index contributed by atoms with van der Waals surface area (Å²) in [5, 5.41) is 3.88. The van der Waals surface area contributed by atoms with E-state index >= 15 is 0 Å². The molecule has 0 spiro atoms. The van der Waals surface area contributed by atoms with E-state index in [4.69, 9.17) is 11.6 Å². The number of nitrogens with one attached hydrogen (secondary N) is 1. The summed E-state index contributed by atoms with van der Waals surface area (Å²) in [4.78, 5) is 4.29. The molecule has 0 radical (unpaired) electrons. The van der Waals surface area contributed by atoms with Crippen molar-refractivity contribution in [2.75, 3.05) is 6.54 Å². The summed E-state index contributed by atoms with van der Waals surface area (Å²) in [5.41, 5.74) is 2.43. The van der Waals surface area contributed by atoms with E-state index in [1.807, 2.05) is 19.1 Å². The van der Waals surface area contributed by atoms with Gasteiger partial charge in [-0.05, 0) is 49.7 Å². The SMILES string of the molecule is CCCNC(c1ccc(C)nc1)c1cc(Cl)ccc1F. The van der Waals surface area contributed by atoms with Crippen LogP contribution in [0.4, 0.5) is 4.39 Å². The van der Waals surface area contributed by atoms with Crippen LogP contribution in [0.2, 0.25) is 5.02 Å². The van der Waals surface area contributed by atoms with Crippen LogP contribution < -0.4 is 5.32 Å². The molecule has 0 amide bonds. The van der Waals surface area contributed by atoms with Crippen molar-refractivity contribution in [1.29, 1.82) is 0 Å². The first-order valence-electron chi connectivity index (χ1n) is 6.72. The Balaban J connectivity index is 2.41. The minimum atomic E-state index is -0.261. The monoisotopic (exact) mass is 292 g/mol. The molecular formula is C16H18ClFN2. The van der Waals surface area contributed by atoms with Crippen molar-refractivity contribution in [2.24, 2.45) is 0 Å². The maximum atomic E-state index is 14.1. The Bertz CT molecular complexity index is 569. The van der Waals surface area contributed by atoms with Crippen molar-refractivity contribution < 1.29 is 4.39 Å². The first-order valence-corrected chi connectivity index (χ1v) is 7.10. The van der Waals surface area contributed by atoms with E-state index in [9.17, 15) is 4.39 Å². The number of benzene rings is 1. The van der Waals surface area contributed by atoms with Crippen LogP contribution in [0.1, 0.15) is 36.2 Å². The van der Waals surface area contributed by atoms with Gasteiger partial charge >= 0.3 is 0 Å². The van der Waals surface area contributed by atoms with E-state index in [1.165, 1.54) is 6.07 Å². The summed E-state index contributed by atoms with van der Waals surface area (Å²) in [7, 11) is 0. The molecule has 0 aliphatic heterocycles. The number of pyridine rings is 1. The van der Waals surface area contributed by atoms with Gasteiger partial charge in [-0.25, -0.2) is 4.39 Å². The molecule has 0 fully saturated rings. The van der Waals surface area contributed by atoms with Gasteiger partial charge in [-0.15, -0.1) is 0 Å².